The molecular weight excluding hydrogens is 845 g/mol. The van der Waals surface area contributed by atoms with Crippen LogP contribution in [0.4, 0.5) is 0 Å². The quantitative estimate of drug-likeness (QED) is 0.0905. The second-order valence-corrected chi connectivity index (χ2v) is 25.5. The highest BCUT2D eigenvalue weighted by molar-refractivity contribution is 4.94. The van der Waals surface area contributed by atoms with E-state index in [4.69, 9.17) is 37.9 Å². The van der Waals surface area contributed by atoms with E-state index in [0.29, 0.717) is 78.9 Å². The zero-order chi connectivity index (χ0) is 47.0. The van der Waals surface area contributed by atoms with Gasteiger partial charge in [-0.25, -0.2) is 0 Å². The third-order valence-electron chi connectivity index (χ3n) is 20.3. The van der Waals surface area contributed by atoms with E-state index in [1.165, 1.54) is 103 Å². The lowest BCUT2D eigenvalue weighted by Crippen LogP contribution is -2.40. The Morgan fingerprint density at radius 1 is 0.328 bits per heavy atom. The largest absolute Gasteiger partial charge is 0.388 e. The summed E-state index contributed by atoms with van der Waals surface area (Å²) < 4.78 is 48.2. The van der Waals surface area contributed by atoms with Crippen molar-refractivity contribution in [3.05, 3.63) is 0 Å². The molecule has 0 amide bonds. The van der Waals surface area contributed by atoms with Crippen molar-refractivity contribution in [3.63, 3.8) is 0 Å². The van der Waals surface area contributed by atoms with Crippen molar-refractivity contribution >= 4 is 0 Å². The molecule has 4 unspecified atom stereocenters. The van der Waals surface area contributed by atoms with Gasteiger partial charge in [-0.05, 0) is 206 Å². The number of epoxide rings is 2. The third-order valence-corrected chi connectivity index (χ3v) is 20.3. The number of hydrogen-bond acceptors (Lipinski definition) is 10. The number of hydrogen-bond donors (Lipinski definition) is 2. The molecule has 0 aromatic carbocycles. The molecule has 10 nitrogen and oxygen atoms in total. The van der Waals surface area contributed by atoms with Crippen LogP contribution in [0.25, 0.3) is 0 Å². The van der Waals surface area contributed by atoms with Crippen molar-refractivity contribution in [1.82, 2.24) is 0 Å². The molecule has 10 heteroatoms. The molecule has 2 heterocycles. The van der Waals surface area contributed by atoms with Crippen LogP contribution in [-0.2, 0) is 37.9 Å². The molecule has 6 saturated carbocycles. The van der Waals surface area contributed by atoms with E-state index in [9.17, 15) is 10.2 Å². The van der Waals surface area contributed by atoms with Crippen LogP contribution in [-0.4, -0.2) is 124 Å². The summed E-state index contributed by atoms with van der Waals surface area (Å²) in [4.78, 5) is 0. The van der Waals surface area contributed by atoms with Crippen molar-refractivity contribution in [3.8, 4) is 0 Å². The second-order valence-electron chi connectivity index (χ2n) is 25.5. The third kappa shape index (κ3) is 15.3. The van der Waals surface area contributed by atoms with Gasteiger partial charge in [0.1, 0.15) is 24.4 Å². The van der Waals surface area contributed by atoms with E-state index in [1.807, 2.05) is 0 Å². The zero-order valence-electron chi connectivity index (χ0n) is 43.5. The van der Waals surface area contributed by atoms with E-state index in [-0.39, 0.29) is 24.4 Å². The average Bonchev–Trinajstić information content (AvgIpc) is 4.30. The van der Waals surface area contributed by atoms with Gasteiger partial charge in [-0.1, -0.05) is 41.5 Å². The Hall–Kier alpha value is -0.400. The van der Waals surface area contributed by atoms with E-state index in [2.05, 4.69) is 41.5 Å². The van der Waals surface area contributed by atoms with E-state index in [1.54, 1.807) is 0 Å². The first-order valence-electron chi connectivity index (χ1n) is 28.5. The van der Waals surface area contributed by atoms with Crippen LogP contribution in [0.2, 0.25) is 0 Å². The predicted molar refractivity (Wildman–Crippen MR) is 263 cm³/mol. The summed E-state index contributed by atoms with van der Waals surface area (Å²) in [5.74, 6) is 4.45. The minimum Gasteiger partial charge on any atom is -0.388 e. The summed E-state index contributed by atoms with van der Waals surface area (Å²) in [6, 6.07) is 0. The van der Waals surface area contributed by atoms with Gasteiger partial charge in [0, 0.05) is 0 Å². The van der Waals surface area contributed by atoms with Crippen molar-refractivity contribution in [1.29, 1.82) is 0 Å². The van der Waals surface area contributed by atoms with Gasteiger partial charge in [0.25, 0.3) is 0 Å². The molecule has 4 atom stereocenters. The van der Waals surface area contributed by atoms with Gasteiger partial charge >= 0.3 is 0 Å². The van der Waals surface area contributed by atoms with Gasteiger partial charge in [-0.2, -0.15) is 0 Å². The monoisotopic (exact) mass is 945 g/mol. The fraction of sp³-hybridized carbons (Fsp3) is 1.00. The fourth-order valence-electron chi connectivity index (χ4n) is 14.7. The number of rotatable bonds is 24. The van der Waals surface area contributed by atoms with Gasteiger partial charge < -0.3 is 48.1 Å². The first-order valence-corrected chi connectivity index (χ1v) is 28.5. The summed E-state index contributed by atoms with van der Waals surface area (Å²) in [5.41, 5.74) is 0.999. The molecule has 388 valence electrons. The standard InChI is InChI=1S/C57H100O10/c1-55(2,39-7-19-47(20-8-39)60-31-45(58)33-62-49-23-11-41(12-24-49)56(3,4)43-15-27-51(28-16-43)64-35-53-37-66-53)40-9-21-48(22-10-40)61-32-46(59)34-63-50-25-13-42(14-26-50)57(5,6)44-17-29-52(30-18-44)65-36-54-38-67-54/h39-54,58-59H,7-38H2,1-6H3. The molecule has 0 aromatic rings. The van der Waals surface area contributed by atoms with Gasteiger partial charge in [0.05, 0.1) is 89.5 Å². The van der Waals surface area contributed by atoms with Crippen molar-refractivity contribution in [2.45, 2.75) is 257 Å². The van der Waals surface area contributed by atoms with Gasteiger partial charge in [-0.3, -0.25) is 0 Å². The SMILES string of the molecule is CC(C)(C1CCC(OCC(O)COC2CCC(C(C)(C)C3CCC(OCC4CO4)CC3)CC2)CC1)C1CCC(OCC(O)COC2CCC(C(C)(C)C3CCC(OCC4CO4)CC3)CC2)CC1. The Morgan fingerprint density at radius 3 is 0.687 bits per heavy atom. The fourth-order valence-corrected chi connectivity index (χ4v) is 14.7. The Bertz CT molecular complexity index is 1300. The molecule has 8 aliphatic rings. The summed E-state index contributed by atoms with van der Waals surface area (Å²) in [7, 11) is 0. The smallest absolute Gasteiger partial charge is 0.104 e. The topological polar surface area (TPSA) is 121 Å². The highest BCUT2D eigenvalue weighted by Gasteiger charge is 2.44. The minimum atomic E-state index is -0.560. The summed E-state index contributed by atoms with van der Waals surface area (Å²) >= 11 is 0. The van der Waals surface area contributed by atoms with Crippen molar-refractivity contribution < 1.29 is 48.1 Å². The van der Waals surface area contributed by atoms with Crippen LogP contribution < -0.4 is 0 Å². The first-order chi connectivity index (χ1) is 32.2. The Labute approximate surface area is 408 Å². The molecule has 0 bridgehead atoms. The normalized spacial score (nSPS) is 38.9. The second kappa shape index (κ2) is 24.5. The average molecular weight is 945 g/mol. The van der Waals surface area contributed by atoms with Gasteiger partial charge in [0.15, 0.2) is 0 Å². The Morgan fingerprint density at radius 2 is 0.507 bits per heavy atom. The van der Waals surface area contributed by atoms with Crippen molar-refractivity contribution in [2.75, 3.05) is 52.9 Å². The molecule has 0 spiro atoms. The Kier molecular flexibility index (Phi) is 19.4. The summed E-state index contributed by atoms with van der Waals surface area (Å²) in [6.45, 7) is 19.9. The molecule has 8 fully saturated rings. The lowest BCUT2D eigenvalue weighted by Gasteiger charge is -2.47. The Balaban J connectivity index is 0.630. The molecule has 2 aliphatic heterocycles. The molecular formula is C57H100O10. The van der Waals surface area contributed by atoms with Crippen LogP contribution in [0, 0.1) is 51.8 Å². The number of aliphatic hydroxyl groups excluding tert-OH is 2. The maximum Gasteiger partial charge on any atom is 0.104 e. The molecule has 2 saturated heterocycles. The lowest BCUT2D eigenvalue weighted by atomic mass is 9.60. The summed E-state index contributed by atoms with van der Waals surface area (Å²) in [6.07, 6.45) is 29.8. The van der Waals surface area contributed by atoms with E-state index < -0.39 is 12.2 Å². The van der Waals surface area contributed by atoms with Crippen LogP contribution in [0.5, 0.6) is 0 Å². The maximum atomic E-state index is 10.9. The highest BCUT2D eigenvalue weighted by atomic mass is 16.6. The molecule has 8 rings (SSSR count). The highest BCUT2D eigenvalue weighted by Crippen LogP contribution is 2.52. The summed E-state index contributed by atoms with van der Waals surface area (Å²) in [5, 5.41) is 21.7. The van der Waals surface area contributed by atoms with Crippen LogP contribution in [0.3, 0.4) is 0 Å². The molecule has 0 aromatic heterocycles. The van der Waals surface area contributed by atoms with Crippen molar-refractivity contribution in [2.24, 2.45) is 51.8 Å². The number of ether oxygens (including phenoxy) is 8. The molecule has 67 heavy (non-hydrogen) atoms. The van der Waals surface area contributed by atoms with Gasteiger partial charge in [0.2, 0.25) is 0 Å². The predicted octanol–water partition coefficient (Wildman–Crippen LogP) is 11.0. The van der Waals surface area contributed by atoms with E-state index in [0.717, 1.165) is 101 Å². The molecule has 6 aliphatic carbocycles. The zero-order valence-corrected chi connectivity index (χ0v) is 43.5. The van der Waals surface area contributed by atoms with Gasteiger partial charge in [-0.15, -0.1) is 0 Å². The van der Waals surface area contributed by atoms with E-state index >= 15 is 0 Å². The number of aliphatic hydroxyl groups is 2. The molecule has 0 radical (unpaired) electrons. The maximum absolute atomic E-state index is 10.9. The minimum absolute atomic E-state index is 0.240. The van der Waals surface area contributed by atoms with Crippen LogP contribution in [0.15, 0.2) is 0 Å². The van der Waals surface area contributed by atoms with Crippen LogP contribution >= 0.6 is 0 Å². The lowest BCUT2D eigenvalue weighted by molar-refractivity contribution is -0.0923. The van der Waals surface area contributed by atoms with Crippen LogP contribution in [0.1, 0.15) is 196 Å². The molecule has 2 N–H and O–H groups in total. The first kappa shape index (κ1) is 52.9.